The highest BCUT2D eigenvalue weighted by molar-refractivity contribution is 7.92. The van der Waals surface area contributed by atoms with Crippen molar-refractivity contribution in [3.63, 3.8) is 0 Å². The number of aliphatic imine (C=N–C) groups is 1. The maximum Gasteiger partial charge on any atom is 0.361 e. The topological polar surface area (TPSA) is 142 Å². The monoisotopic (exact) mass is 654 g/mol. The van der Waals surface area contributed by atoms with E-state index in [9.17, 15) is 22.9 Å². The van der Waals surface area contributed by atoms with Gasteiger partial charge in [-0.15, -0.1) is 0 Å². The average Bonchev–Trinajstić information content (AvgIpc) is 3.34. The summed E-state index contributed by atoms with van der Waals surface area (Å²) in [5, 5.41) is 12.0. The molecule has 240 valence electrons. The zero-order chi connectivity index (χ0) is 32.8. The van der Waals surface area contributed by atoms with Gasteiger partial charge in [-0.25, -0.2) is 13.4 Å². The van der Waals surface area contributed by atoms with E-state index in [-0.39, 0.29) is 31.5 Å². The number of aromatic nitrogens is 1. The third-order valence-electron chi connectivity index (χ3n) is 7.13. The number of rotatable bonds is 14. The number of carbonyl (C=O) groups excluding carboxylic acids is 1. The van der Waals surface area contributed by atoms with Crippen molar-refractivity contribution < 1.29 is 31.9 Å². The number of amides is 1. The van der Waals surface area contributed by atoms with Gasteiger partial charge in [0.1, 0.15) is 6.54 Å². The predicted molar refractivity (Wildman–Crippen MR) is 179 cm³/mol. The van der Waals surface area contributed by atoms with Crippen LogP contribution < -0.4 is 9.61 Å². The Hall–Kier alpha value is -3.96. The molecule has 2 N–H and O–H groups in total. The van der Waals surface area contributed by atoms with E-state index in [1.54, 1.807) is 61.2 Å². The van der Waals surface area contributed by atoms with Gasteiger partial charge in [0.05, 0.1) is 47.4 Å². The van der Waals surface area contributed by atoms with E-state index in [1.807, 2.05) is 44.2 Å². The summed E-state index contributed by atoms with van der Waals surface area (Å²) in [7, 11) is -7.38. The summed E-state index contributed by atoms with van der Waals surface area (Å²) in [5.74, 6) is -0.437. The van der Waals surface area contributed by atoms with Crippen LogP contribution in [0.4, 0.5) is 11.4 Å². The van der Waals surface area contributed by atoms with Crippen molar-refractivity contribution in [1.29, 1.82) is 0 Å². The molecule has 13 heteroatoms. The zero-order valence-electron chi connectivity index (χ0n) is 26.1. The van der Waals surface area contributed by atoms with Crippen LogP contribution in [0.25, 0.3) is 10.9 Å². The van der Waals surface area contributed by atoms with Crippen molar-refractivity contribution in [3.8, 4) is 5.88 Å². The molecule has 1 aromatic heterocycles. The molecule has 0 bridgehead atoms. The van der Waals surface area contributed by atoms with Gasteiger partial charge in [0.15, 0.2) is 5.88 Å². The Bertz CT molecular complexity index is 1810. The molecule has 0 aliphatic heterocycles. The van der Waals surface area contributed by atoms with Gasteiger partial charge in [0, 0.05) is 29.6 Å². The van der Waals surface area contributed by atoms with Gasteiger partial charge < -0.3 is 24.0 Å². The number of hydrogen-bond donors (Lipinski definition) is 2. The molecule has 4 rings (SSSR count). The van der Waals surface area contributed by atoms with Gasteiger partial charge in [0.25, 0.3) is 0 Å². The van der Waals surface area contributed by atoms with Crippen LogP contribution in [0.3, 0.4) is 0 Å². The van der Waals surface area contributed by atoms with Gasteiger partial charge in [-0.3, -0.25) is 13.7 Å². The molecule has 0 radical (unpaired) electrons. The number of aromatic hydroxyl groups is 1. The van der Waals surface area contributed by atoms with Crippen LogP contribution >= 0.6 is 7.60 Å². The third-order valence-corrected chi connectivity index (χ3v) is 10.4. The number of sulfonamides is 1. The summed E-state index contributed by atoms with van der Waals surface area (Å²) in [6.07, 6.45) is 1.06. The Labute approximate surface area is 264 Å². The molecule has 11 nitrogen and oxygen atoms in total. The van der Waals surface area contributed by atoms with Crippen molar-refractivity contribution in [2.24, 2.45) is 4.99 Å². The van der Waals surface area contributed by atoms with Crippen LogP contribution in [0.15, 0.2) is 77.8 Å². The van der Waals surface area contributed by atoms with Gasteiger partial charge in [-0.05, 0) is 70.2 Å². The first kappa shape index (κ1) is 33.9. The molecule has 0 saturated heterocycles. The second-order valence-electron chi connectivity index (χ2n) is 10.1. The molecule has 45 heavy (non-hydrogen) atoms. The second-order valence-corrected chi connectivity index (χ2v) is 14.0. The lowest BCUT2D eigenvalue weighted by Crippen LogP contribution is -2.42. The lowest BCUT2D eigenvalue weighted by molar-refractivity contribution is -0.129. The van der Waals surface area contributed by atoms with Crippen LogP contribution in [0.2, 0.25) is 0 Å². The number of nitrogens with zero attached hydrogens (tertiary/aromatic N) is 3. The number of benzene rings is 3. The molecule has 0 saturated carbocycles. The summed E-state index contributed by atoms with van der Waals surface area (Å²) >= 11 is 0. The number of carbonyl (C=O) groups is 1. The summed E-state index contributed by atoms with van der Waals surface area (Å²) in [6, 6.07) is 20.8. The van der Waals surface area contributed by atoms with Crippen LogP contribution in [-0.2, 0) is 28.4 Å². The molecule has 3 aromatic carbocycles. The molecule has 0 aliphatic rings. The fourth-order valence-corrected chi connectivity index (χ4v) is 7.43. The van der Waals surface area contributed by atoms with Crippen LogP contribution in [-0.4, -0.2) is 74.1 Å². The summed E-state index contributed by atoms with van der Waals surface area (Å²) in [6.45, 7) is 8.15. The minimum Gasteiger partial charge on any atom is -0.494 e. The second kappa shape index (κ2) is 14.4. The Balaban J connectivity index is 1.83. The zero-order valence-corrected chi connectivity index (χ0v) is 27.8. The van der Waals surface area contributed by atoms with Crippen molar-refractivity contribution in [3.05, 3.63) is 83.9 Å². The minimum atomic E-state index is -3.76. The standard InChI is InChI=1S/C32H39N4O7PS/c1-6-35(7-2)29(37)22-36(45(5,40)41)25-17-15-24(16-18-25)33-31(23-13-11-10-12-14-23)30-27-21-26(19-20-28(27)34-32(30)38)44(39,42-8-3)43-9-4/h10-21,34,38H,6-9,22H2,1-5H3. The number of H-pyrrole nitrogens is 1. The fourth-order valence-electron chi connectivity index (χ4n) is 4.98. The minimum absolute atomic E-state index is 0.137. The van der Waals surface area contributed by atoms with E-state index in [0.717, 1.165) is 10.6 Å². The molecule has 0 atom stereocenters. The highest BCUT2D eigenvalue weighted by Gasteiger charge is 2.29. The van der Waals surface area contributed by atoms with Gasteiger partial charge in [0.2, 0.25) is 15.9 Å². The number of fused-ring (bicyclic) bond motifs is 1. The van der Waals surface area contributed by atoms with Gasteiger partial charge >= 0.3 is 7.60 Å². The van der Waals surface area contributed by atoms with Crippen molar-refractivity contribution >= 4 is 56.8 Å². The molecular formula is C32H39N4O7PS. The SMILES string of the molecule is CCOP(=O)(OCC)c1ccc2[nH]c(O)c(C(=Nc3ccc(N(CC(=O)N(CC)CC)S(C)(=O)=O)cc3)c3ccccc3)c2c1. The van der Waals surface area contributed by atoms with Gasteiger partial charge in [-0.2, -0.15) is 0 Å². The molecule has 0 spiro atoms. The van der Waals surface area contributed by atoms with Crippen LogP contribution in [0, 0.1) is 0 Å². The Morgan fingerprint density at radius 1 is 0.933 bits per heavy atom. The lowest BCUT2D eigenvalue weighted by Gasteiger charge is -2.26. The van der Waals surface area contributed by atoms with Crippen molar-refractivity contribution in [2.45, 2.75) is 27.7 Å². The summed E-state index contributed by atoms with van der Waals surface area (Å²) in [4.78, 5) is 22.2. The lowest BCUT2D eigenvalue weighted by atomic mass is 10.0. The molecule has 1 heterocycles. The van der Waals surface area contributed by atoms with Crippen molar-refractivity contribution in [2.75, 3.05) is 43.4 Å². The molecule has 4 aromatic rings. The van der Waals surface area contributed by atoms with Gasteiger partial charge in [-0.1, -0.05) is 30.3 Å². The predicted octanol–water partition coefficient (Wildman–Crippen LogP) is 5.57. The quantitative estimate of drug-likeness (QED) is 0.134. The van der Waals surface area contributed by atoms with Crippen LogP contribution in [0.1, 0.15) is 38.8 Å². The third kappa shape index (κ3) is 7.65. The van der Waals surface area contributed by atoms with E-state index in [4.69, 9.17) is 14.0 Å². The normalized spacial score (nSPS) is 12.4. The molecule has 0 fully saturated rings. The Kier molecular flexibility index (Phi) is 10.9. The highest BCUT2D eigenvalue weighted by Crippen LogP contribution is 2.47. The number of aromatic amines is 1. The Morgan fingerprint density at radius 3 is 2.11 bits per heavy atom. The fraction of sp³-hybridized carbons (Fsp3) is 0.312. The van der Waals surface area contributed by atoms with E-state index in [1.165, 1.54) is 0 Å². The molecule has 0 unspecified atom stereocenters. The Morgan fingerprint density at radius 2 is 1.56 bits per heavy atom. The van der Waals surface area contributed by atoms with E-state index >= 15 is 0 Å². The first-order valence-corrected chi connectivity index (χ1v) is 18.1. The maximum absolute atomic E-state index is 13.6. The molecular weight excluding hydrogens is 615 g/mol. The first-order chi connectivity index (χ1) is 21.4. The summed E-state index contributed by atoms with van der Waals surface area (Å²) < 4.78 is 51.1. The number of likely N-dealkylation sites (N-methyl/N-ethyl adjacent to an activating group) is 1. The largest absolute Gasteiger partial charge is 0.494 e. The number of hydrogen-bond acceptors (Lipinski definition) is 8. The number of nitrogens with one attached hydrogen (secondary N) is 1. The average molecular weight is 655 g/mol. The summed E-state index contributed by atoms with van der Waals surface area (Å²) in [5.41, 5.74) is 2.88. The molecule has 0 aliphatic carbocycles. The molecule has 1 amide bonds. The van der Waals surface area contributed by atoms with E-state index in [2.05, 4.69) is 4.98 Å². The first-order valence-electron chi connectivity index (χ1n) is 14.7. The maximum atomic E-state index is 13.6. The van der Waals surface area contributed by atoms with Crippen LogP contribution in [0.5, 0.6) is 5.88 Å². The highest BCUT2D eigenvalue weighted by atomic mass is 32.2. The van der Waals surface area contributed by atoms with E-state index < -0.39 is 17.6 Å². The smallest absolute Gasteiger partial charge is 0.361 e. The van der Waals surface area contributed by atoms with E-state index in [0.29, 0.717) is 57.5 Å². The number of anilines is 1. The van der Waals surface area contributed by atoms with Crippen molar-refractivity contribution in [1.82, 2.24) is 9.88 Å².